The maximum absolute atomic E-state index is 5.18. The van der Waals surface area contributed by atoms with Gasteiger partial charge in [-0.15, -0.1) is 34.0 Å². The third-order valence-electron chi connectivity index (χ3n) is 28.5. The second-order valence-electron chi connectivity index (χ2n) is 37.9. The van der Waals surface area contributed by atoms with Crippen molar-refractivity contribution in [3.05, 3.63) is 515 Å². The Hall–Kier alpha value is -18.4. The Bertz CT molecular complexity index is 9670. The first-order chi connectivity index (χ1) is 73.0. The number of aromatic nitrogens is 9. The van der Waals surface area contributed by atoms with E-state index in [0.717, 1.165) is 118 Å². The number of hydrogen-bond acceptors (Lipinski definition) is 12. The molecule has 148 heavy (non-hydrogen) atoms. The summed E-state index contributed by atoms with van der Waals surface area (Å²) < 4.78 is 7.71. The highest BCUT2D eigenvalue weighted by atomic mass is 32.1. The molecule has 9 heterocycles. The Balaban J connectivity index is 0.000000112. The zero-order valence-corrected chi connectivity index (χ0v) is 83.1. The standard InChI is InChI=1S/C48H33N3S.C45H29N3S.C43H27N3S/c1-48(2)41-11-5-3-9-37(41)38-23-21-34(27-42(38)48)30-13-17-32(18-14-30)43-28-44(35-22-24-46-40(26-35)39-10-4-6-12-45(39)52-46)51-47(50-43)33-19-15-31(16-20-33)36-8-7-25-49-29-36;1-2-7-30(8-3-1)31-12-14-32(15-13-31)33-16-20-35(21-17-33)41-28-42(37-24-25-44-40(27-37)39-10-4-5-11-43(39)49-44)48-45(47-41)36-22-18-34(19-23-36)38-9-6-26-46-29-38;1-2-10-35-29(7-1)8-5-12-36(35)30-16-18-31(19-17-30)39-26-40(33-22-23-42-38(25-33)37-11-3-4-13-41(37)47-42)46-43(45-39)32-20-14-28(15-21-32)34-9-6-24-44-27-34/h3-29H,1-2H3;1-29H;1-27H. The van der Waals surface area contributed by atoms with E-state index < -0.39 is 0 Å². The van der Waals surface area contributed by atoms with E-state index in [4.69, 9.17) is 29.9 Å². The van der Waals surface area contributed by atoms with Crippen molar-refractivity contribution in [1.82, 2.24) is 44.9 Å². The van der Waals surface area contributed by atoms with E-state index in [0.29, 0.717) is 17.5 Å². The van der Waals surface area contributed by atoms with Crippen LogP contribution >= 0.6 is 34.0 Å². The first-order valence-electron chi connectivity index (χ1n) is 49.7. The lowest BCUT2D eigenvalue weighted by atomic mass is 9.81. The highest BCUT2D eigenvalue weighted by molar-refractivity contribution is 7.26. The number of benzene rings is 18. The Morgan fingerprint density at radius 3 is 0.824 bits per heavy atom. The molecule has 0 aliphatic heterocycles. The van der Waals surface area contributed by atoms with Crippen molar-refractivity contribution in [3.8, 4) is 191 Å². The SMILES string of the molecule is CC1(C)c2ccccc2-c2ccc(-c3ccc(-c4cc(-c5ccc6sc7ccccc7c6c5)nc(-c5ccc(-c6cccnc6)cc5)n4)cc3)cc21.c1ccc(-c2ccc(-c3ccc(-c4cc(-c5ccc6sc7ccccc7c6c5)nc(-c5ccc(-c6cccnc6)cc5)n4)cc3)cc2)cc1.c1cncc(-c2ccc(-c3nc(-c4ccc(-c5cccc6ccccc56)cc4)cc(-c4ccc5sc6ccccc6c5c4)n3)cc2)c1. The van der Waals surface area contributed by atoms with E-state index in [2.05, 4.69) is 472 Å². The lowest BCUT2D eigenvalue weighted by Gasteiger charge is -2.22. The molecule has 0 radical (unpaired) electrons. The highest BCUT2D eigenvalue weighted by Crippen LogP contribution is 2.51. The molecule has 0 amide bonds. The second kappa shape index (κ2) is 38.7. The van der Waals surface area contributed by atoms with Gasteiger partial charge in [-0.1, -0.05) is 384 Å². The van der Waals surface area contributed by atoms with E-state index in [9.17, 15) is 0 Å². The maximum atomic E-state index is 5.18. The van der Waals surface area contributed by atoms with Crippen LogP contribution in [0.25, 0.3) is 262 Å². The van der Waals surface area contributed by atoms with Gasteiger partial charge in [0.05, 0.1) is 34.2 Å². The molecule has 0 atom stereocenters. The first kappa shape index (κ1) is 89.6. The summed E-state index contributed by atoms with van der Waals surface area (Å²) in [5.41, 5.74) is 36.2. The fourth-order valence-corrected chi connectivity index (χ4v) is 23.9. The summed E-state index contributed by atoms with van der Waals surface area (Å²) in [7, 11) is 0. The molecule has 18 aromatic carbocycles. The lowest BCUT2D eigenvalue weighted by molar-refractivity contribution is 0.660. The molecule has 0 fully saturated rings. The van der Waals surface area contributed by atoms with Crippen LogP contribution in [0.2, 0.25) is 0 Å². The summed E-state index contributed by atoms with van der Waals surface area (Å²) >= 11 is 5.49. The van der Waals surface area contributed by atoms with Gasteiger partial charge in [-0.2, -0.15) is 0 Å². The van der Waals surface area contributed by atoms with Crippen LogP contribution < -0.4 is 0 Å². The zero-order valence-electron chi connectivity index (χ0n) is 80.7. The third-order valence-corrected chi connectivity index (χ3v) is 32.0. The number of thiophene rings is 3. The molecule has 1 aliphatic carbocycles. The predicted octanol–water partition coefficient (Wildman–Crippen LogP) is 36.8. The van der Waals surface area contributed by atoms with Crippen molar-refractivity contribution in [3.63, 3.8) is 0 Å². The van der Waals surface area contributed by atoms with E-state index in [1.54, 1.807) is 18.6 Å². The second-order valence-corrected chi connectivity index (χ2v) is 41.2. The van der Waals surface area contributed by atoms with E-state index in [1.807, 2.05) is 76.9 Å². The highest BCUT2D eigenvalue weighted by Gasteiger charge is 2.35. The van der Waals surface area contributed by atoms with Gasteiger partial charge in [-0.3, -0.25) is 15.0 Å². The van der Waals surface area contributed by atoms with Crippen molar-refractivity contribution in [2.45, 2.75) is 19.3 Å². The predicted molar refractivity (Wildman–Crippen MR) is 620 cm³/mol. The van der Waals surface area contributed by atoms with Gasteiger partial charge in [0.25, 0.3) is 0 Å². The van der Waals surface area contributed by atoms with Crippen LogP contribution in [0.15, 0.2) is 504 Å². The minimum Gasteiger partial charge on any atom is -0.264 e. The van der Waals surface area contributed by atoms with Gasteiger partial charge in [0.15, 0.2) is 17.5 Å². The molecular weight excluding hydrogens is 1860 g/mol. The summed E-state index contributed by atoms with van der Waals surface area (Å²) in [5, 5.41) is 10.1. The van der Waals surface area contributed by atoms with Gasteiger partial charge in [0.2, 0.25) is 0 Å². The fraction of sp³-hybridized carbons (Fsp3) is 0.0221. The molecule has 0 bridgehead atoms. The van der Waals surface area contributed by atoms with Crippen LogP contribution in [-0.2, 0) is 5.41 Å². The molecule has 28 rings (SSSR count). The Morgan fingerprint density at radius 2 is 0.432 bits per heavy atom. The van der Waals surface area contributed by atoms with Gasteiger partial charge in [-0.05, 0) is 208 Å². The molecular formula is C136H89N9S3. The zero-order chi connectivity index (χ0) is 98.5. The number of rotatable bonds is 16. The van der Waals surface area contributed by atoms with Gasteiger partial charge >= 0.3 is 0 Å². The van der Waals surface area contributed by atoms with Crippen molar-refractivity contribution < 1.29 is 0 Å². The number of hydrogen-bond donors (Lipinski definition) is 0. The topological polar surface area (TPSA) is 116 Å². The minimum atomic E-state index is -0.0376. The number of fused-ring (bicyclic) bond motifs is 13. The molecule has 12 heteroatoms. The van der Waals surface area contributed by atoms with Crippen LogP contribution in [0.4, 0.5) is 0 Å². The molecule has 0 saturated carbocycles. The number of nitrogens with zero attached hydrogens (tertiary/aromatic N) is 9. The van der Waals surface area contributed by atoms with Gasteiger partial charge in [0.1, 0.15) is 0 Å². The minimum absolute atomic E-state index is 0.0376. The molecule has 0 unspecified atom stereocenters. The molecule has 0 spiro atoms. The fourth-order valence-electron chi connectivity index (χ4n) is 20.6. The van der Waals surface area contributed by atoms with Crippen molar-refractivity contribution in [1.29, 1.82) is 0 Å². The van der Waals surface area contributed by atoms with Crippen LogP contribution in [0.5, 0.6) is 0 Å². The lowest BCUT2D eigenvalue weighted by Crippen LogP contribution is -2.14. The summed E-state index contributed by atoms with van der Waals surface area (Å²) in [6, 6.07) is 166. The van der Waals surface area contributed by atoms with Crippen LogP contribution in [0.1, 0.15) is 25.0 Å². The summed E-state index contributed by atoms with van der Waals surface area (Å²) in [4.78, 5) is 43.8. The van der Waals surface area contributed by atoms with E-state index in [1.165, 1.54) is 138 Å². The third kappa shape index (κ3) is 17.6. The van der Waals surface area contributed by atoms with Gasteiger partial charge in [-0.25, -0.2) is 29.9 Å². The van der Waals surface area contributed by atoms with Crippen LogP contribution in [-0.4, -0.2) is 44.9 Å². The van der Waals surface area contributed by atoms with Gasteiger partial charge < -0.3 is 0 Å². The molecule has 27 aromatic rings. The molecule has 1 aliphatic rings. The number of pyridine rings is 3. The molecule has 696 valence electrons. The van der Waals surface area contributed by atoms with Crippen molar-refractivity contribution in [2.75, 3.05) is 0 Å². The monoisotopic (exact) mass is 1940 g/mol. The molecule has 9 nitrogen and oxygen atoms in total. The smallest absolute Gasteiger partial charge is 0.160 e. The average Bonchev–Trinajstić information content (AvgIpc) is 1.57. The maximum Gasteiger partial charge on any atom is 0.160 e. The average molecular weight is 1950 g/mol. The summed E-state index contributed by atoms with van der Waals surface area (Å²) in [5.74, 6) is 2.09. The van der Waals surface area contributed by atoms with Crippen molar-refractivity contribution in [2.24, 2.45) is 0 Å². The van der Waals surface area contributed by atoms with Crippen LogP contribution in [0, 0.1) is 0 Å². The van der Waals surface area contributed by atoms with Crippen molar-refractivity contribution >= 4 is 105 Å². The summed E-state index contributed by atoms with van der Waals surface area (Å²) in [6.07, 6.45) is 11.0. The van der Waals surface area contributed by atoms with Gasteiger partial charge in [0, 0.05) is 153 Å². The normalized spacial score (nSPS) is 11.9. The Kier molecular flexibility index (Phi) is 23.4. The Morgan fingerprint density at radius 1 is 0.162 bits per heavy atom. The van der Waals surface area contributed by atoms with E-state index in [-0.39, 0.29) is 5.41 Å². The molecule has 0 N–H and O–H groups in total. The molecule has 9 aromatic heterocycles. The largest absolute Gasteiger partial charge is 0.264 e. The summed E-state index contributed by atoms with van der Waals surface area (Å²) in [6.45, 7) is 4.67. The first-order valence-corrected chi connectivity index (χ1v) is 52.1. The quantitative estimate of drug-likeness (QED) is 0.0932. The molecule has 0 saturated heterocycles. The van der Waals surface area contributed by atoms with Crippen LogP contribution in [0.3, 0.4) is 0 Å². The van der Waals surface area contributed by atoms with E-state index >= 15 is 0 Å². The Labute approximate surface area is 868 Å².